The zero-order chi connectivity index (χ0) is 10.3. The first-order valence-corrected chi connectivity index (χ1v) is 6.05. The van der Waals surface area contributed by atoms with E-state index < -0.39 is 0 Å². The van der Waals surface area contributed by atoms with Crippen molar-refractivity contribution in [1.29, 1.82) is 0 Å². The number of hydrogen-bond acceptors (Lipinski definition) is 2. The first kappa shape index (κ1) is 12.0. The number of ether oxygens (including phenoxy) is 1. The standard InChI is InChI=1S/C12H25NO/c1-3-4-5-8-13-11-12(2)6-9-14-10-7-12/h13H,3-11H2,1-2H3. The molecule has 0 spiro atoms. The average molecular weight is 199 g/mol. The molecule has 2 heteroatoms. The van der Waals surface area contributed by atoms with Gasteiger partial charge in [0.25, 0.3) is 0 Å². The molecule has 0 aromatic carbocycles. The molecule has 84 valence electrons. The smallest absolute Gasteiger partial charge is 0.0471 e. The fraction of sp³-hybridized carbons (Fsp3) is 1.00. The molecule has 0 atom stereocenters. The highest BCUT2D eigenvalue weighted by Crippen LogP contribution is 2.28. The molecule has 1 heterocycles. The Bertz CT molecular complexity index is 141. The van der Waals surface area contributed by atoms with Crippen molar-refractivity contribution in [2.24, 2.45) is 5.41 Å². The average Bonchev–Trinajstić information content (AvgIpc) is 2.18. The van der Waals surface area contributed by atoms with Crippen molar-refractivity contribution in [2.45, 2.75) is 46.0 Å². The Balaban J connectivity index is 2.03. The van der Waals surface area contributed by atoms with Gasteiger partial charge in [-0.1, -0.05) is 26.7 Å². The second kappa shape index (κ2) is 6.41. The normalized spacial score (nSPS) is 21.0. The molecule has 1 rings (SSSR count). The Kier molecular flexibility index (Phi) is 5.49. The number of unbranched alkanes of at least 4 members (excludes halogenated alkanes) is 2. The summed E-state index contributed by atoms with van der Waals surface area (Å²) in [5.41, 5.74) is 0.491. The van der Waals surface area contributed by atoms with Crippen LogP contribution in [-0.4, -0.2) is 26.3 Å². The Hall–Kier alpha value is -0.0800. The maximum Gasteiger partial charge on any atom is 0.0471 e. The van der Waals surface area contributed by atoms with Crippen LogP contribution in [0.3, 0.4) is 0 Å². The van der Waals surface area contributed by atoms with Gasteiger partial charge in [0.1, 0.15) is 0 Å². The predicted molar refractivity (Wildman–Crippen MR) is 60.6 cm³/mol. The zero-order valence-corrected chi connectivity index (χ0v) is 9.77. The summed E-state index contributed by atoms with van der Waals surface area (Å²) in [6.45, 7) is 8.88. The Morgan fingerprint density at radius 1 is 1.21 bits per heavy atom. The molecule has 1 aliphatic heterocycles. The molecule has 0 radical (unpaired) electrons. The lowest BCUT2D eigenvalue weighted by Crippen LogP contribution is -2.37. The topological polar surface area (TPSA) is 21.3 Å². The summed E-state index contributed by atoms with van der Waals surface area (Å²) in [7, 11) is 0. The van der Waals surface area contributed by atoms with Gasteiger partial charge >= 0.3 is 0 Å². The van der Waals surface area contributed by atoms with Crippen molar-refractivity contribution < 1.29 is 4.74 Å². The monoisotopic (exact) mass is 199 g/mol. The van der Waals surface area contributed by atoms with Crippen molar-refractivity contribution in [3.63, 3.8) is 0 Å². The second-order valence-electron chi connectivity index (χ2n) is 4.81. The highest BCUT2D eigenvalue weighted by Gasteiger charge is 2.26. The molecule has 0 unspecified atom stereocenters. The van der Waals surface area contributed by atoms with E-state index in [9.17, 15) is 0 Å². The quantitative estimate of drug-likeness (QED) is 0.664. The minimum absolute atomic E-state index is 0.491. The van der Waals surface area contributed by atoms with Crippen molar-refractivity contribution in [2.75, 3.05) is 26.3 Å². The summed E-state index contributed by atoms with van der Waals surface area (Å²) < 4.78 is 5.38. The molecule has 1 fully saturated rings. The van der Waals surface area contributed by atoms with Gasteiger partial charge in [-0.2, -0.15) is 0 Å². The van der Waals surface area contributed by atoms with Gasteiger partial charge in [0.2, 0.25) is 0 Å². The van der Waals surface area contributed by atoms with Crippen LogP contribution in [0.2, 0.25) is 0 Å². The molecule has 0 aromatic heterocycles. The second-order valence-corrected chi connectivity index (χ2v) is 4.81. The minimum Gasteiger partial charge on any atom is -0.381 e. The van der Waals surface area contributed by atoms with Gasteiger partial charge in [0.05, 0.1) is 0 Å². The molecule has 0 aromatic rings. The van der Waals surface area contributed by atoms with Crippen LogP contribution in [-0.2, 0) is 4.74 Å². The van der Waals surface area contributed by atoms with Crippen LogP contribution in [0.5, 0.6) is 0 Å². The molecule has 0 saturated carbocycles. The Labute approximate surface area is 88.4 Å². The van der Waals surface area contributed by atoms with E-state index in [0.29, 0.717) is 5.41 Å². The van der Waals surface area contributed by atoms with Gasteiger partial charge in [-0.15, -0.1) is 0 Å². The first-order chi connectivity index (χ1) is 6.77. The lowest BCUT2D eigenvalue weighted by Gasteiger charge is -2.33. The third kappa shape index (κ3) is 4.43. The molecule has 0 aliphatic carbocycles. The zero-order valence-electron chi connectivity index (χ0n) is 9.77. The molecule has 1 N–H and O–H groups in total. The van der Waals surface area contributed by atoms with Crippen molar-refractivity contribution >= 4 is 0 Å². The molecular weight excluding hydrogens is 174 g/mol. The summed E-state index contributed by atoms with van der Waals surface area (Å²) in [6, 6.07) is 0. The van der Waals surface area contributed by atoms with Gasteiger partial charge in [-0.05, 0) is 31.2 Å². The number of nitrogens with one attached hydrogen (secondary N) is 1. The van der Waals surface area contributed by atoms with Gasteiger partial charge in [-0.25, -0.2) is 0 Å². The fourth-order valence-electron chi connectivity index (χ4n) is 1.93. The third-order valence-electron chi connectivity index (χ3n) is 3.21. The van der Waals surface area contributed by atoms with E-state index in [1.54, 1.807) is 0 Å². The van der Waals surface area contributed by atoms with Crippen LogP contribution in [0.25, 0.3) is 0 Å². The number of hydrogen-bond donors (Lipinski definition) is 1. The van der Waals surface area contributed by atoms with Crippen LogP contribution >= 0.6 is 0 Å². The summed E-state index contributed by atoms with van der Waals surface area (Å²) in [6.07, 6.45) is 6.42. The maximum atomic E-state index is 5.38. The van der Waals surface area contributed by atoms with Gasteiger partial charge in [0.15, 0.2) is 0 Å². The lowest BCUT2D eigenvalue weighted by molar-refractivity contribution is 0.0242. The van der Waals surface area contributed by atoms with E-state index in [-0.39, 0.29) is 0 Å². The van der Waals surface area contributed by atoms with Gasteiger partial charge in [-0.3, -0.25) is 0 Å². The van der Waals surface area contributed by atoms with Gasteiger partial charge < -0.3 is 10.1 Å². The van der Waals surface area contributed by atoms with Crippen molar-refractivity contribution in [1.82, 2.24) is 5.32 Å². The van der Waals surface area contributed by atoms with E-state index in [4.69, 9.17) is 4.74 Å². The Morgan fingerprint density at radius 2 is 1.93 bits per heavy atom. The molecule has 0 amide bonds. The molecule has 1 saturated heterocycles. The van der Waals surface area contributed by atoms with Crippen LogP contribution in [0.15, 0.2) is 0 Å². The highest BCUT2D eigenvalue weighted by molar-refractivity contribution is 4.79. The van der Waals surface area contributed by atoms with Crippen molar-refractivity contribution in [3.8, 4) is 0 Å². The van der Waals surface area contributed by atoms with Crippen LogP contribution in [0, 0.1) is 5.41 Å². The summed E-state index contributed by atoms with van der Waals surface area (Å²) >= 11 is 0. The minimum atomic E-state index is 0.491. The molecular formula is C12H25NO. The summed E-state index contributed by atoms with van der Waals surface area (Å²) in [5, 5.41) is 3.57. The SMILES string of the molecule is CCCCCNCC1(C)CCOCC1. The largest absolute Gasteiger partial charge is 0.381 e. The summed E-state index contributed by atoms with van der Waals surface area (Å²) in [5.74, 6) is 0. The molecule has 1 aliphatic rings. The van der Waals surface area contributed by atoms with Crippen LogP contribution in [0.1, 0.15) is 46.0 Å². The van der Waals surface area contributed by atoms with Crippen molar-refractivity contribution in [3.05, 3.63) is 0 Å². The molecule has 2 nitrogen and oxygen atoms in total. The van der Waals surface area contributed by atoms with E-state index in [1.165, 1.54) is 45.2 Å². The first-order valence-electron chi connectivity index (χ1n) is 6.05. The fourth-order valence-corrected chi connectivity index (χ4v) is 1.93. The van der Waals surface area contributed by atoms with E-state index in [0.717, 1.165) is 13.2 Å². The summed E-state index contributed by atoms with van der Waals surface area (Å²) in [4.78, 5) is 0. The van der Waals surface area contributed by atoms with Gasteiger partial charge in [0, 0.05) is 19.8 Å². The molecule has 0 bridgehead atoms. The Morgan fingerprint density at radius 3 is 2.57 bits per heavy atom. The van der Waals surface area contributed by atoms with Crippen LogP contribution in [0.4, 0.5) is 0 Å². The highest BCUT2D eigenvalue weighted by atomic mass is 16.5. The maximum absolute atomic E-state index is 5.38. The van der Waals surface area contributed by atoms with E-state index in [1.807, 2.05) is 0 Å². The van der Waals surface area contributed by atoms with E-state index >= 15 is 0 Å². The van der Waals surface area contributed by atoms with Crippen LogP contribution < -0.4 is 5.32 Å². The molecule has 14 heavy (non-hydrogen) atoms. The third-order valence-corrected chi connectivity index (χ3v) is 3.21. The predicted octanol–water partition coefficient (Wildman–Crippen LogP) is 2.58. The lowest BCUT2D eigenvalue weighted by atomic mass is 9.82. The van der Waals surface area contributed by atoms with E-state index in [2.05, 4.69) is 19.2 Å². The number of rotatable bonds is 6.